The summed E-state index contributed by atoms with van der Waals surface area (Å²) in [6, 6.07) is 10.1. The lowest BCUT2D eigenvalue weighted by molar-refractivity contribution is 0.974. The standard InChI is InChI=1S/C13H16N4/c1-10-7-13(16-15-9-10)17(2)12-5-3-11(8-14)4-6-12/h3-7,9H,8,14H2,1-2H3. The van der Waals surface area contributed by atoms with Gasteiger partial charge >= 0.3 is 0 Å². The van der Waals surface area contributed by atoms with E-state index in [0.717, 1.165) is 22.6 Å². The van der Waals surface area contributed by atoms with E-state index in [1.165, 1.54) is 0 Å². The molecule has 4 heteroatoms. The number of rotatable bonds is 3. The van der Waals surface area contributed by atoms with E-state index in [-0.39, 0.29) is 0 Å². The van der Waals surface area contributed by atoms with E-state index in [2.05, 4.69) is 10.2 Å². The first-order valence-electron chi connectivity index (χ1n) is 5.53. The van der Waals surface area contributed by atoms with Gasteiger partial charge in [-0.2, -0.15) is 5.10 Å². The average molecular weight is 228 g/mol. The van der Waals surface area contributed by atoms with Crippen LogP contribution in [0.2, 0.25) is 0 Å². The van der Waals surface area contributed by atoms with Crippen molar-refractivity contribution in [2.24, 2.45) is 5.73 Å². The van der Waals surface area contributed by atoms with Gasteiger partial charge in [0.15, 0.2) is 5.82 Å². The smallest absolute Gasteiger partial charge is 0.155 e. The second-order valence-corrected chi connectivity index (χ2v) is 4.02. The maximum Gasteiger partial charge on any atom is 0.155 e. The highest BCUT2D eigenvalue weighted by atomic mass is 15.2. The molecule has 0 amide bonds. The monoisotopic (exact) mass is 228 g/mol. The lowest BCUT2D eigenvalue weighted by atomic mass is 10.2. The number of aryl methyl sites for hydroxylation is 1. The summed E-state index contributed by atoms with van der Waals surface area (Å²) < 4.78 is 0. The molecule has 2 rings (SSSR count). The minimum atomic E-state index is 0.564. The van der Waals surface area contributed by atoms with E-state index < -0.39 is 0 Å². The van der Waals surface area contributed by atoms with Gasteiger partial charge in [-0.25, -0.2) is 0 Å². The van der Waals surface area contributed by atoms with Crippen LogP contribution >= 0.6 is 0 Å². The molecule has 1 aromatic heterocycles. The third kappa shape index (κ3) is 2.60. The van der Waals surface area contributed by atoms with Gasteiger partial charge in [-0.3, -0.25) is 0 Å². The minimum Gasteiger partial charge on any atom is -0.328 e. The molecule has 0 aliphatic rings. The van der Waals surface area contributed by atoms with Crippen LogP contribution in [0.5, 0.6) is 0 Å². The first-order chi connectivity index (χ1) is 8.20. The maximum atomic E-state index is 5.57. The van der Waals surface area contributed by atoms with Crippen molar-refractivity contribution < 1.29 is 0 Å². The Bertz CT molecular complexity index is 493. The molecular formula is C13H16N4. The summed E-state index contributed by atoms with van der Waals surface area (Å²) in [5, 5.41) is 8.06. The molecule has 0 radical (unpaired) electrons. The molecule has 0 spiro atoms. The van der Waals surface area contributed by atoms with Crippen LogP contribution in [-0.4, -0.2) is 17.2 Å². The zero-order valence-electron chi connectivity index (χ0n) is 10.1. The molecule has 0 unspecified atom stereocenters. The van der Waals surface area contributed by atoms with E-state index in [4.69, 9.17) is 5.73 Å². The predicted octanol–water partition coefficient (Wildman–Crippen LogP) is 2.01. The average Bonchev–Trinajstić information content (AvgIpc) is 2.38. The van der Waals surface area contributed by atoms with Crippen LogP contribution in [0.1, 0.15) is 11.1 Å². The van der Waals surface area contributed by atoms with E-state index in [1.807, 2.05) is 49.2 Å². The molecular weight excluding hydrogens is 212 g/mol. The van der Waals surface area contributed by atoms with Crippen molar-refractivity contribution in [2.45, 2.75) is 13.5 Å². The number of hydrogen-bond donors (Lipinski definition) is 1. The zero-order valence-corrected chi connectivity index (χ0v) is 10.1. The first-order valence-corrected chi connectivity index (χ1v) is 5.53. The predicted molar refractivity (Wildman–Crippen MR) is 69.2 cm³/mol. The number of nitrogens with two attached hydrogens (primary N) is 1. The van der Waals surface area contributed by atoms with Gasteiger partial charge in [-0.15, -0.1) is 5.10 Å². The van der Waals surface area contributed by atoms with Crippen LogP contribution in [-0.2, 0) is 6.54 Å². The molecule has 0 atom stereocenters. The van der Waals surface area contributed by atoms with Gasteiger partial charge < -0.3 is 10.6 Å². The van der Waals surface area contributed by atoms with Crippen LogP contribution in [0, 0.1) is 6.92 Å². The topological polar surface area (TPSA) is 55.0 Å². The van der Waals surface area contributed by atoms with Crippen LogP contribution in [0.25, 0.3) is 0 Å². The molecule has 0 saturated heterocycles. The Hall–Kier alpha value is -1.94. The highest BCUT2D eigenvalue weighted by Gasteiger charge is 2.05. The van der Waals surface area contributed by atoms with Crippen LogP contribution < -0.4 is 10.6 Å². The van der Waals surface area contributed by atoms with Gasteiger partial charge in [0.05, 0.1) is 6.20 Å². The third-order valence-corrected chi connectivity index (χ3v) is 2.68. The van der Waals surface area contributed by atoms with Crippen molar-refractivity contribution in [3.63, 3.8) is 0 Å². The number of benzene rings is 1. The summed E-state index contributed by atoms with van der Waals surface area (Å²) in [6.07, 6.45) is 1.74. The van der Waals surface area contributed by atoms with Crippen molar-refractivity contribution in [3.05, 3.63) is 47.7 Å². The molecule has 4 nitrogen and oxygen atoms in total. The van der Waals surface area contributed by atoms with Crippen LogP contribution in [0.4, 0.5) is 11.5 Å². The van der Waals surface area contributed by atoms with Crippen molar-refractivity contribution >= 4 is 11.5 Å². The van der Waals surface area contributed by atoms with Crippen LogP contribution in [0.15, 0.2) is 36.5 Å². The van der Waals surface area contributed by atoms with Crippen molar-refractivity contribution in [2.75, 3.05) is 11.9 Å². The molecule has 0 bridgehead atoms. The number of anilines is 2. The van der Waals surface area contributed by atoms with Crippen molar-refractivity contribution in [1.82, 2.24) is 10.2 Å². The fourth-order valence-electron chi connectivity index (χ4n) is 1.60. The van der Waals surface area contributed by atoms with Crippen LogP contribution in [0.3, 0.4) is 0 Å². The Labute approximate surface area is 101 Å². The SMILES string of the molecule is Cc1cnnc(N(C)c2ccc(CN)cc2)c1. The normalized spacial score (nSPS) is 10.3. The Kier molecular flexibility index (Phi) is 3.35. The first kappa shape index (κ1) is 11.5. The zero-order chi connectivity index (χ0) is 12.3. The largest absolute Gasteiger partial charge is 0.328 e. The molecule has 1 aromatic carbocycles. The second kappa shape index (κ2) is 4.93. The Morgan fingerprint density at radius 3 is 2.53 bits per heavy atom. The molecule has 1 heterocycles. The van der Waals surface area contributed by atoms with Gasteiger partial charge in [-0.1, -0.05) is 12.1 Å². The Morgan fingerprint density at radius 2 is 1.94 bits per heavy atom. The van der Waals surface area contributed by atoms with E-state index >= 15 is 0 Å². The lowest BCUT2D eigenvalue weighted by Gasteiger charge is -2.18. The molecule has 88 valence electrons. The summed E-state index contributed by atoms with van der Waals surface area (Å²) in [6.45, 7) is 2.57. The number of aromatic nitrogens is 2. The van der Waals surface area contributed by atoms with E-state index in [9.17, 15) is 0 Å². The van der Waals surface area contributed by atoms with Crippen molar-refractivity contribution in [1.29, 1.82) is 0 Å². The molecule has 17 heavy (non-hydrogen) atoms. The second-order valence-electron chi connectivity index (χ2n) is 4.02. The van der Waals surface area contributed by atoms with Gasteiger partial charge in [0.1, 0.15) is 0 Å². The summed E-state index contributed by atoms with van der Waals surface area (Å²) in [7, 11) is 1.97. The Morgan fingerprint density at radius 1 is 1.24 bits per heavy atom. The molecule has 0 fully saturated rings. The summed E-state index contributed by atoms with van der Waals surface area (Å²) in [5.41, 5.74) is 8.86. The van der Waals surface area contributed by atoms with Gasteiger partial charge in [0.25, 0.3) is 0 Å². The highest BCUT2D eigenvalue weighted by Crippen LogP contribution is 2.21. The minimum absolute atomic E-state index is 0.564. The van der Waals surface area contributed by atoms with Gasteiger partial charge in [0, 0.05) is 19.3 Å². The summed E-state index contributed by atoms with van der Waals surface area (Å²) >= 11 is 0. The van der Waals surface area contributed by atoms with Gasteiger partial charge in [-0.05, 0) is 36.2 Å². The molecule has 0 aliphatic heterocycles. The Balaban J connectivity index is 2.27. The summed E-state index contributed by atoms with van der Waals surface area (Å²) in [5.74, 6) is 0.838. The van der Waals surface area contributed by atoms with Crippen molar-refractivity contribution in [3.8, 4) is 0 Å². The van der Waals surface area contributed by atoms with E-state index in [0.29, 0.717) is 6.54 Å². The third-order valence-electron chi connectivity index (χ3n) is 2.68. The quantitative estimate of drug-likeness (QED) is 0.873. The fourth-order valence-corrected chi connectivity index (χ4v) is 1.60. The molecule has 2 N–H and O–H groups in total. The maximum absolute atomic E-state index is 5.57. The molecule has 2 aromatic rings. The lowest BCUT2D eigenvalue weighted by Crippen LogP contribution is -2.12. The number of nitrogens with zero attached hydrogens (tertiary/aromatic N) is 3. The highest BCUT2D eigenvalue weighted by molar-refractivity contribution is 5.59. The molecule has 0 aliphatic carbocycles. The van der Waals surface area contributed by atoms with Gasteiger partial charge in [0.2, 0.25) is 0 Å². The fraction of sp³-hybridized carbons (Fsp3) is 0.231. The van der Waals surface area contributed by atoms with E-state index in [1.54, 1.807) is 6.20 Å². The molecule has 0 saturated carbocycles. The number of hydrogen-bond acceptors (Lipinski definition) is 4. The summed E-state index contributed by atoms with van der Waals surface area (Å²) in [4.78, 5) is 2.00.